The lowest BCUT2D eigenvalue weighted by Gasteiger charge is -2.30. The van der Waals surface area contributed by atoms with Crippen LogP contribution in [0.25, 0.3) is 0 Å². The number of carbonyl (C=O) groups excluding carboxylic acids is 4. The van der Waals surface area contributed by atoms with Crippen LogP contribution in [-0.2, 0) is 25.6 Å². The van der Waals surface area contributed by atoms with Crippen molar-refractivity contribution >= 4 is 35.0 Å². The minimum Gasteiger partial charge on any atom is -0.274 e. The number of anilines is 2. The molecule has 2 saturated heterocycles. The molecule has 2 heterocycles. The summed E-state index contributed by atoms with van der Waals surface area (Å²) in [6.07, 6.45) is 16.4. The molecule has 2 aromatic rings. The van der Waals surface area contributed by atoms with Gasteiger partial charge in [0.2, 0.25) is 23.6 Å². The van der Waals surface area contributed by atoms with E-state index in [4.69, 9.17) is 0 Å². The van der Waals surface area contributed by atoms with Crippen LogP contribution in [0.5, 0.6) is 0 Å². The van der Waals surface area contributed by atoms with Crippen LogP contribution in [0.3, 0.4) is 0 Å². The van der Waals surface area contributed by atoms with Gasteiger partial charge in [0.15, 0.2) is 0 Å². The third kappa shape index (κ3) is 4.07. The molecule has 4 fully saturated rings. The van der Waals surface area contributed by atoms with Crippen LogP contribution < -0.4 is 9.80 Å². The van der Waals surface area contributed by atoms with Crippen LogP contribution in [-0.4, -0.2) is 23.6 Å². The van der Waals surface area contributed by atoms with Crippen molar-refractivity contribution in [3.05, 3.63) is 109 Å². The third-order valence-electron chi connectivity index (χ3n) is 11.7. The summed E-state index contributed by atoms with van der Waals surface area (Å²) in [5.74, 6) is -0.787. The Labute approximate surface area is 264 Å². The number of amides is 4. The maximum atomic E-state index is 13.7. The highest BCUT2D eigenvalue weighted by atomic mass is 16.2. The normalized spacial score (nSPS) is 33.8. The predicted molar refractivity (Wildman–Crippen MR) is 173 cm³/mol. The highest BCUT2D eigenvalue weighted by molar-refractivity contribution is 6.23. The summed E-state index contributed by atoms with van der Waals surface area (Å²) in [6, 6.07) is 15.4. The molecule has 2 saturated carbocycles. The Kier molecular flexibility index (Phi) is 6.49. The first-order valence-electron chi connectivity index (χ1n) is 16.4. The Hall–Kier alpha value is -4.32. The molecule has 6 nitrogen and oxygen atoms in total. The Balaban J connectivity index is 0.944. The number of rotatable bonds is 10. The van der Waals surface area contributed by atoms with Crippen molar-refractivity contribution in [1.29, 1.82) is 0 Å². The first kappa shape index (κ1) is 28.2. The van der Waals surface area contributed by atoms with Crippen LogP contribution in [0.1, 0.15) is 49.7 Å². The molecule has 228 valence electrons. The topological polar surface area (TPSA) is 74.8 Å². The number of nitrogens with zero attached hydrogens (tertiary/aromatic N) is 2. The molecule has 4 aliphatic carbocycles. The Morgan fingerprint density at radius 1 is 0.733 bits per heavy atom. The fourth-order valence-corrected chi connectivity index (χ4v) is 9.74. The molecule has 0 radical (unpaired) electrons. The molecule has 2 aliphatic heterocycles. The van der Waals surface area contributed by atoms with Gasteiger partial charge in [-0.15, -0.1) is 13.2 Å². The van der Waals surface area contributed by atoms with Gasteiger partial charge in [0.1, 0.15) is 0 Å². The maximum absolute atomic E-state index is 13.7. The Morgan fingerprint density at radius 3 is 1.98 bits per heavy atom. The van der Waals surface area contributed by atoms with Crippen LogP contribution in [0.2, 0.25) is 0 Å². The van der Waals surface area contributed by atoms with E-state index in [0.717, 1.165) is 49.7 Å². The van der Waals surface area contributed by atoms with Gasteiger partial charge >= 0.3 is 0 Å². The second-order valence-corrected chi connectivity index (χ2v) is 14.0. The number of hydrogen-bond acceptors (Lipinski definition) is 4. The number of allylic oxidation sites excluding steroid dienone is 6. The van der Waals surface area contributed by atoms with Gasteiger partial charge < -0.3 is 0 Å². The largest absolute Gasteiger partial charge is 0.274 e. The fraction of sp³-hybridized carbons (Fsp3) is 0.385. The van der Waals surface area contributed by atoms with E-state index in [1.54, 1.807) is 0 Å². The quantitative estimate of drug-likeness (QED) is 0.229. The molecular weight excluding hydrogens is 560 g/mol. The van der Waals surface area contributed by atoms with Crippen LogP contribution in [0.15, 0.2) is 97.6 Å². The van der Waals surface area contributed by atoms with E-state index in [1.165, 1.54) is 15.4 Å². The standard InChI is InChI=1S/C39H38N2O4/c1-3-5-7-25-20-27-21-30(25)33-31(27)35(42)40(37(33)44)28-12-8-23(9-13-28)19-24-10-14-29(15-11-24)41-36(43)32-26-16-18-39(22-26,17-6-4-2)34(32)38(41)45/h3-4,8-16,18,20,26-27,30-34H,1-2,5-7,17,19,21-22H2. The molecule has 2 aromatic carbocycles. The molecule has 4 amide bonds. The van der Waals surface area contributed by atoms with Gasteiger partial charge in [0.25, 0.3) is 0 Å². The second kappa shape index (κ2) is 10.4. The summed E-state index contributed by atoms with van der Waals surface area (Å²) in [6.45, 7) is 7.68. The Bertz CT molecular complexity index is 1700. The van der Waals surface area contributed by atoms with Crippen LogP contribution in [0, 0.1) is 46.8 Å². The molecule has 0 N–H and O–H groups in total. The predicted octanol–water partition coefficient (Wildman–Crippen LogP) is 6.57. The third-order valence-corrected chi connectivity index (χ3v) is 11.7. The zero-order valence-corrected chi connectivity index (χ0v) is 25.4. The molecule has 8 atom stereocenters. The van der Waals surface area contributed by atoms with Gasteiger partial charge in [0.05, 0.1) is 35.0 Å². The van der Waals surface area contributed by atoms with Crippen LogP contribution >= 0.6 is 0 Å². The van der Waals surface area contributed by atoms with E-state index in [2.05, 4.69) is 31.4 Å². The summed E-state index contributed by atoms with van der Waals surface area (Å²) < 4.78 is 0. The van der Waals surface area contributed by atoms with Gasteiger partial charge in [-0.2, -0.15) is 0 Å². The van der Waals surface area contributed by atoms with Gasteiger partial charge in [0, 0.05) is 5.41 Å². The highest BCUT2D eigenvalue weighted by Crippen LogP contribution is 2.62. The molecule has 45 heavy (non-hydrogen) atoms. The zero-order valence-electron chi connectivity index (χ0n) is 25.4. The summed E-state index contributed by atoms with van der Waals surface area (Å²) >= 11 is 0. The molecule has 4 bridgehead atoms. The second-order valence-electron chi connectivity index (χ2n) is 14.0. The Morgan fingerprint density at radius 2 is 1.33 bits per heavy atom. The number of imide groups is 2. The smallest absolute Gasteiger partial charge is 0.238 e. The minimum atomic E-state index is -0.280. The molecule has 0 spiro atoms. The number of fused-ring (bicyclic) bond motifs is 10. The zero-order chi connectivity index (χ0) is 31.0. The highest BCUT2D eigenvalue weighted by Gasteiger charge is 2.66. The number of hydrogen-bond donors (Lipinski definition) is 0. The lowest BCUT2D eigenvalue weighted by Crippen LogP contribution is -2.35. The molecular formula is C39H38N2O4. The van der Waals surface area contributed by atoms with Crippen molar-refractivity contribution < 1.29 is 19.2 Å². The number of carbonyl (C=O) groups is 4. The van der Waals surface area contributed by atoms with Crippen molar-refractivity contribution in [2.45, 2.75) is 44.9 Å². The van der Waals surface area contributed by atoms with E-state index < -0.39 is 0 Å². The van der Waals surface area contributed by atoms with E-state index in [0.29, 0.717) is 17.8 Å². The summed E-state index contributed by atoms with van der Waals surface area (Å²) in [5.41, 5.74) is 4.45. The van der Waals surface area contributed by atoms with Gasteiger partial charge in [-0.1, -0.05) is 60.2 Å². The van der Waals surface area contributed by atoms with Gasteiger partial charge in [-0.3, -0.25) is 29.0 Å². The van der Waals surface area contributed by atoms with Gasteiger partial charge in [-0.05, 0) is 98.1 Å². The summed E-state index contributed by atoms with van der Waals surface area (Å²) in [5, 5.41) is 0. The molecule has 6 heteroatoms. The maximum Gasteiger partial charge on any atom is 0.238 e. The average molecular weight is 599 g/mol. The van der Waals surface area contributed by atoms with E-state index >= 15 is 0 Å². The van der Waals surface area contributed by atoms with E-state index in [1.807, 2.05) is 60.7 Å². The molecule has 8 unspecified atom stereocenters. The fourth-order valence-electron chi connectivity index (χ4n) is 9.74. The summed E-state index contributed by atoms with van der Waals surface area (Å²) in [4.78, 5) is 57.0. The van der Waals surface area contributed by atoms with Crippen molar-refractivity contribution in [3.8, 4) is 0 Å². The van der Waals surface area contributed by atoms with E-state index in [9.17, 15) is 19.2 Å². The monoisotopic (exact) mass is 598 g/mol. The van der Waals surface area contributed by atoms with Crippen molar-refractivity contribution in [2.75, 3.05) is 9.80 Å². The molecule has 0 aromatic heterocycles. The first-order chi connectivity index (χ1) is 21.8. The lowest BCUT2D eigenvalue weighted by atomic mass is 9.72. The van der Waals surface area contributed by atoms with Crippen molar-refractivity contribution in [2.24, 2.45) is 46.8 Å². The van der Waals surface area contributed by atoms with E-state index in [-0.39, 0.29) is 70.5 Å². The first-order valence-corrected chi connectivity index (χ1v) is 16.4. The van der Waals surface area contributed by atoms with Crippen LogP contribution in [0.4, 0.5) is 11.4 Å². The molecule has 6 aliphatic rings. The summed E-state index contributed by atoms with van der Waals surface area (Å²) in [7, 11) is 0. The molecule has 8 rings (SSSR count). The minimum absolute atomic E-state index is 0.0596. The lowest BCUT2D eigenvalue weighted by molar-refractivity contribution is -0.125. The average Bonchev–Trinajstić information content (AvgIpc) is 3.88. The van der Waals surface area contributed by atoms with Gasteiger partial charge in [-0.25, -0.2) is 0 Å². The van der Waals surface area contributed by atoms with Crippen molar-refractivity contribution in [3.63, 3.8) is 0 Å². The SMILES string of the molecule is C=CCCC1=CC2CC1C1C(=O)N(c3ccc(Cc4ccc(N5C(=O)C6C7C=CC(CCC=C)(C7)C6C5=O)cc4)cc3)C(=O)C21. The van der Waals surface area contributed by atoms with Crippen molar-refractivity contribution in [1.82, 2.24) is 0 Å². The number of benzene rings is 2.